The summed E-state index contributed by atoms with van der Waals surface area (Å²) in [5.74, 6) is 0.136. The monoisotopic (exact) mass is 721 g/mol. The Labute approximate surface area is 300 Å². The number of carbonyl (C=O) groups excluding carboxylic acids is 2. The van der Waals surface area contributed by atoms with Crippen molar-refractivity contribution >= 4 is 48.8 Å². The maximum Gasteiger partial charge on any atom is 0.264 e. The van der Waals surface area contributed by atoms with Crippen molar-refractivity contribution in [3.8, 4) is 5.75 Å². The number of nitrogens with one attached hydrogen (secondary N) is 1. The van der Waals surface area contributed by atoms with Crippen LogP contribution in [0.4, 0.5) is 17.1 Å². The standard InChI is InChI=1S/C38H48ClN3O7Si/c1-5-48-29-13-15-32-26(20-29)21-31(40-17-6-7-18-43)36(45)42(32)28-11-8-25(9-12-28)23-41-33-14-10-27(39)22-30(33)38(37(41)46)24(2)35(50(3,4)47)34(49-38)16-19-44/h8-15,20,22,24,31,34-35,40,43-44,47H,5-7,16-19,21,23H2,1-4H3/t24-,31?,34+,35-,38+/m0/s1. The van der Waals surface area contributed by atoms with E-state index in [1.54, 1.807) is 21.9 Å². The van der Waals surface area contributed by atoms with Gasteiger partial charge >= 0.3 is 0 Å². The van der Waals surface area contributed by atoms with Crippen LogP contribution in [0.2, 0.25) is 23.7 Å². The van der Waals surface area contributed by atoms with Crippen molar-refractivity contribution in [1.29, 1.82) is 0 Å². The van der Waals surface area contributed by atoms with Gasteiger partial charge in [0.15, 0.2) is 13.9 Å². The Morgan fingerprint density at radius 2 is 1.76 bits per heavy atom. The number of carbonyl (C=O) groups is 2. The minimum Gasteiger partial charge on any atom is -0.494 e. The van der Waals surface area contributed by atoms with E-state index in [9.17, 15) is 24.6 Å². The molecule has 0 aromatic heterocycles. The highest BCUT2D eigenvalue weighted by Gasteiger charge is 2.66. The number of hydrogen-bond donors (Lipinski definition) is 4. The number of benzene rings is 3. The number of halogens is 1. The molecular weight excluding hydrogens is 674 g/mol. The van der Waals surface area contributed by atoms with Gasteiger partial charge in [-0.15, -0.1) is 0 Å². The number of ether oxygens (including phenoxy) is 2. The van der Waals surface area contributed by atoms with E-state index in [4.69, 9.17) is 21.1 Å². The Hall–Kier alpha value is -3.29. The molecule has 3 heterocycles. The lowest BCUT2D eigenvalue weighted by molar-refractivity contribution is -0.146. The Morgan fingerprint density at radius 1 is 1.02 bits per heavy atom. The molecule has 3 aliphatic heterocycles. The van der Waals surface area contributed by atoms with Gasteiger partial charge in [0.25, 0.3) is 5.91 Å². The smallest absolute Gasteiger partial charge is 0.264 e. The Bertz CT molecular complexity index is 1720. The molecule has 268 valence electrons. The first kappa shape index (κ1) is 36.5. The molecule has 1 saturated heterocycles. The zero-order chi connectivity index (χ0) is 35.8. The number of aliphatic hydroxyl groups excluding tert-OH is 2. The molecule has 2 amide bonds. The third-order valence-electron chi connectivity index (χ3n) is 10.4. The molecule has 1 spiro atoms. The molecule has 50 heavy (non-hydrogen) atoms. The average molecular weight is 722 g/mol. The molecular formula is C38H48ClN3O7Si. The molecule has 5 atom stereocenters. The van der Waals surface area contributed by atoms with Crippen molar-refractivity contribution in [3.05, 3.63) is 82.4 Å². The number of nitrogens with zero attached hydrogens (tertiary/aromatic N) is 2. The normalized spacial score (nSPS) is 24.6. The number of unbranched alkanes of at least 4 members (excludes halogenated alkanes) is 1. The molecule has 6 rings (SSSR count). The lowest BCUT2D eigenvalue weighted by Crippen LogP contribution is -2.49. The molecule has 1 fully saturated rings. The van der Waals surface area contributed by atoms with Crippen molar-refractivity contribution in [3.63, 3.8) is 0 Å². The fourth-order valence-corrected chi connectivity index (χ4v) is 11.0. The Morgan fingerprint density at radius 3 is 2.44 bits per heavy atom. The van der Waals surface area contributed by atoms with Crippen LogP contribution in [0, 0.1) is 5.92 Å². The maximum atomic E-state index is 14.6. The van der Waals surface area contributed by atoms with Crippen LogP contribution in [0.25, 0.3) is 0 Å². The molecule has 4 N–H and O–H groups in total. The van der Waals surface area contributed by atoms with E-state index >= 15 is 0 Å². The zero-order valence-corrected chi connectivity index (χ0v) is 30.9. The lowest BCUT2D eigenvalue weighted by atomic mass is 9.82. The van der Waals surface area contributed by atoms with Crippen LogP contribution < -0.4 is 19.9 Å². The van der Waals surface area contributed by atoms with Crippen molar-refractivity contribution < 1.29 is 34.1 Å². The van der Waals surface area contributed by atoms with E-state index in [0.29, 0.717) is 54.4 Å². The summed E-state index contributed by atoms with van der Waals surface area (Å²) in [6.45, 7) is 9.04. The topological polar surface area (TPSA) is 132 Å². The lowest BCUT2D eigenvalue weighted by Gasteiger charge is -2.35. The first-order chi connectivity index (χ1) is 23.9. The highest BCUT2D eigenvalue weighted by molar-refractivity contribution is 6.71. The summed E-state index contributed by atoms with van der Waals surface area (Å²) in [6.07, 6.45) is 1.81. The molecule has 0 saturated carbocycles. The van der Waals surface area contributed by atoms with Gasteiger partial charge in [0.2, 0.25) is 5.91 Å². The van der Waals surface area contributed by atoms with Crippen molar-refractivity contribution in [2.24, 2.45) is 5.92 Å². The van der Waals surface area contributed by atoms with Crippen LogP contribution in [0.3, 0.4) is 0 Å². The van der Waals surface area contributed by atoms with Gasteiger partial charge in [0.05, 0.1) is 36.7 Å². The van der Waals surface area contributed by atoms with Gasteiger partial charge in [0.1, 0.15) is 5.75 Å². The minimum absolute atomic E-state index is 0.0596. The van der Waals surface area contributed by atoms with Gasteiger partial charge in [-0.1, -0.05) is 30.7 Å². The fraction of sp³-hybridized carbons (Fsp3) is 0.474. The third kappa shape index (κ3) is 6.61. The highest BCUT2D eigenvalue weighted by atomic mass is 35.5. The van der Waals surface area contributed by atoms with Crippen molar-refractivity contribution in [2.75, 3.05) is 36.2 Å². The number of rotatable bonds is 13. The summed E-state index contributed by atoms with van der Waals surface area (Å²) in [7, 11) is -2.81. The van der Waals surface area contributed by atoms with Crippen LogP contribution >= 0.6 is 11.6 Å². The average Bonchev–Trinajstić information content (AvgIpc) is 3.50. The van der Waals surface area contributed by atoms with E-state index in [1.165, 1.54) is 0 Å². The molecule has 0 aliphatic carbocycles. The summed E-state index contributed by atoms with van der Waals surface area (Å²) in [6, 6.07) is 18.5. The predicted molar refractivity (Wildman–Crippen MR) is 197 cm³/mol. The summed E-state index contributed by atoms with van der Waals surface area (Å²) < 4.78 is 12.4. The second-order valence-corrected chi connectivity index (χ2v) is 18.5. The van der Waals surface area contributed by atoms with Gasteiger partial charge < -0.3 is 34.7 Å². The second kappa shape index (κ2) is 14.7. The Kier molecular flexibility index (Phi) is 10.8. The molecule has 12 heteroatoms. The molecule has 10 nitrogen and oxygen atoms in total. The quantitative estimate of drug-likeness (QED) is 0.136. The number of hydrogen-bond acceptors (Lipinski definition) is 8. The van der Waals surface area contributed by atoms with Crippen LogP contribution in [0.15, 0.2) is 60.7 Å². The molecule has 0 radical (unpaired) electrons. The van der Waals surface area contributed by atoms with E-state index in [2.05, 4.69) is 5.32 Å². The van der Waals surface area contributed by atoms with Crippen LogP contribution in [-0.4, -0.2) is 73.7 Å². The van der Waals surface area contributed by atoms with Crippen LogP contribution in [0.5, 0.6) is 5.75 Å². The first-order valence-corrected chi connectivity index (χ1v) is 21.0. The summed E-state index contributed by atoms with van der Waals surface area (Å²) in [5, 5.41) is 23.0. The molecule has 0 bridgehead atoms. The highest BCUT2D eigenvalue weighted by Crippen LogP contribution is 2.60. The summed E-state index contributed by atoms with van der Waals surface area (Å²) in [4.78, 5) is 43.4. The zero-order valence-electron chi connectivity index (χ0n) is 29.2. The molecule has 3 aliphatic rings. The largest absolute Gasteiger partial charge is 0.494 e. The predicted octanol–water partition coefficient (Wildman–Crippen LogP) is 5.42. The summed E-state index contributed by atoms with van der Waals surface area (Å²) >= 11 is 6.51. The van der Waals surface area contributed by atoms with Gasteiger partial charge in [-0.2, -0.15) is 0 Å². The summed E-state index contributed by atoms with van der Waals surface area (Å²) in [5.41, 5.74) is 3.16. The van der Waals surface area contributed by atoms with Gasteiger partial charge in [-0.3, -0.25) is 14.5 Å². The van der Waals surface area contributed by atoms with Gasteiger partial charge in [-0.25, -0.2) is 0 Å². The van der Waals surface area contributed by atoms with E-state index in [1.807, 2.05) is 75.5 Å². The van der Waals surface area contributed by atoms with E-state index in [-0.39, 0.29) is 43.0 Å². The number of aliphatic hydroxyl groups is 2. The fourth-order valence-electron chi connectivity index (χ4n) is 8.26. The van der Waals surface area contributed by atoms with Gasteiger partial charge in [0, 0.05) is 40.9 Å². The van der Waals surface area contributed by atoms with Crippen LogP contribution in [-0.2, 0) is 32.9 Å². The number of amides is 2. The molecule has 1 unspecified atom stereocenters. The maximum absolute atomic E-state index is 14.6. The van der Waals surface area contributed by atoms with E-state index in [0.717, 1.165) is 29.0 Å². The molecule has 3 aromatic carbocycles. The Balaban J connectivity index is 1.30. The number of anilines is 3. The second-order valence-electron chi connectivity index (χ2n) is 14.1. The van der Waals surface area contributed by atoms with Gasteiger partial charge in [-0.05, 0) is 112 Å². The van der Waals surface area contributed by atoms with E-state index < -0.39 is 26.1 Å². The van der Waals surface area contributed by atoms with Crippen molar-refractivity contribution in [2.45, 2.75) is 82.5 Å². The SMILES string of the molecule is CCOc1ccc2c(c1)CC(NCCCCO)C(=O)N2c1ccc(CN2C(=O)[C@]3(O[C@H](CCO)[C@@H]([Si](C)(C)O)[C@@H]3C)c3cc(Cl)ccc32)cc1. The third-order valence-corrected chi connectivity index (χ3v) is 13.2. The van der Waals surface area contributed by atoms with Crippen LogP contribution in [0.1, 0.15) is 49.8 Å². The number of fused-ring (bicyclic) bond motifs is 3. The molecule has 3 aromatic rings. The minimum atomic E-state index is -2.81. The first-order valence-electron chi connectivity index (χ1n) is 17.6. The van der Waals surface area contributed by atoms with Crippen molar-refractivity contribution in [1.82, 2.24) is 5.32 Å².